The average Bonchev–Trinajstić information content (AvgIpc) is 2.69. The van der Waals surface area contributed by atoms with Crippen LogP contribution in [-0.2, 0) is 0 Å². The highest BCUT2D eigenvalue weighted by Crippen LogP contribution is 2.45. The Morgan fingerprint density at radius 3 is 2.34 bits per heavy atom. The second-order valence-corrected chi connectivity index (χ2v) is 10.7. The summed E-state index contributed by atoms with van der Waals surface area (Å²) in [6.45, 7) is 0. The summed E-state index contributed by atoms with van der Waals surface area (Å²) < 4.78 is 8.44. The van der Waals surface area contributed by atoms with Crippen LogP contribution in [0.5, 0.6) is 5.75 Å². The fourth-order valence-corrected chi connectivity index (χ4v) is 6.87. The molecule has 0 radical (unpaired) electrons. The van der Waals surface area contributed by atoms with E-state index in [-0.39, 0.29) is 26.2 Å². The first kappa shape index (κ1) is 21.5. The quantitative estimate of drug-likeness (QED) is 0.181. The molecule has 0 fully saturated rings. The Hall–Kier alpha value is -0.680. The number of hydrogen-bond donors (Lipinski definition) is 2. The molecule has 4 rings (SSSR count). The van der Waals surface area contributed by atoms with Crippen LogP contribution in [0.3, 0.4) is 0 Å². The van der Waals surface area contributed by atoms with Crippen molar-refractivity contribution in [3.8, 4) is 28.2 Å². The lowest BCUT2D eigenvalue weighted by Gasteiger charge is -2.19. The molecule has 0 unspecified atom stereocenters. The average molecular weight is 836 g/mol. The van der Waals surface area contributed by atoms with Crippen molar-refractivity contribution in [1.29, 1.82) is 0 Å². The highest BCUT2D eigenvalue weighted by atomic mass is 127. The number of phenolic OH excluding ortho intramolecular Hbond substituents is 1. The molecule has 2 aliphatic rings. The van der Waals surface area contributed by atoms with Crippen molar-refractivity contribution < 1.29 is 19.4 Å². The molecule has 0 amide bonds. The van der Waals surface area contributed by atoms with E-state index in [9.17, 15) is 19.8 Å². The monoisotopic (exact) mass is 836 g/mol. The third-order valence-electron chi connectivity index (χ3n) is 4.43. The van der Waals surface area contributed by atoms with Gasteiger partial charge in [-0.2, -0.15) is 0 Å². The second kappa shape index (κ2) is 8.11. The number of fused-ring (bicyclic) bond motifs is 2. The summed E-state index contributed by atoms with van der Waals surface area (Å²) in [4.78, 5) is 25.1. The van der Waals surface area contributed by atoms with Gasteiger partial charge in [0, 0.05) is 14.5 Å². The fourth-order valence-electron chi connectivity index (χ4n) is 3.21. The van der Waals surface area contributed by atoms with Crippen LogP contribution in [0.25, 0.3) is 33.4 Å². The molecule has 2 aromatic carbocycles. The molecule has 0 spiro atoms. The topological polar surface area (TPSA) is 87.7 Å². The summed E-state index contributed by atoms with van der Waals surface area (Å²) in [6.07, 6.45) is 0. The molecule has 1 heterocycles. The molecule has 5 nitrogen and oxygen atoms in total. The van der Waals surface area contributed by atoms with Crippen molar-refractivity contribution in [3.63, 3.8) is 0 Å². The number of hydrogen-bond acceptors (Lipinski definition) is 4. The summed E-state index contributed by atoms with van der Waals surface area (Å²) in [6, 6.07) is 10.4. The number of carboxylic acid groups (broad SMARTS) is 1. The van der Waals surface area contributed by atoms with E-state index in [0.717, 1.165) is 7.14 Å². The van der Waals surface area contributed by atoms with Crippen LogP contribution in [0, 0.1) is 14.3 Å². The zero-order chi connectivity index (χ0) is 21.0. The highest BCUT2D eigenvalue weighted by Gasteiger charge is 2.29. The van der Waals surface area contributed by atoms with Crippen LogP contribution in [0.4, 0.5) is 0 Å². The molecule has 1 aliphatic heterocycles. The molecule has 9 heteroatoms. The molecule has 0 saturated carbocycles. The normalized spacial score (nSPS) is 11.3. The smallest absolute Gasteiger partial charge is 0.336 e. The van der Waals surface area contributed by atoms with Gasteiger partial charge >= 0.3 is 5.97 Å². The van der Waals surface area contributed by atoms with Gasteiger partial charge in [0.2, 0.25) is 5.43 Å². The van der Waals surface area contributed by atoms with Gasteiger partial charge in [0.25, 0.3) is 0 Å². The molecule has 2 aromatic rings. The van der Waals surface area contributed by atoms with Crippen molar-refractivity contribution in [1.82, 2.24) is 0 Å². The predicted octanol–water partition coefficient (Wildman–Crippen LogP) is 6.39. The van der Waals surface area contributed by atoms with E-state index >= 15 is 0 Å². The van der Waals surface area contributed by atoms with Gasteiger partial charge in [0.1, 0.15) is 14.9 Å². The van der Waals surface area contributed by atoms with Gasteiger partial charge in [-0.25, -0.2) is 4.79 Å². The number of phenols is 1. The largest absolute Gasteiger partial charge is 0.505 e. The molecule has 2 N–H and O–H groups in total. The minimum atomic E-state index is -1.08. The fraction of sp³-hybridized carbons (Fsp3) is 0. The maximum absolute atomic E-state index is 13.2. The predicted molar refractivity (Wildman–Crippen MR) is 144 cm³/mol. The minimum absolute atomic E-state index is 0.0904. The SMILES string of the molecule is O=C(O)c1ccccc1-c1c2c(=O)c(I)c(O)c(I)c-2oc2c(I)cc(I)cc12. The summed E-state index contributed by atoms with van der Waals surface area (Å²) in [7, 11) is 0. The van der Waals surface area contributed by atoms with E-state index in [4.69, 9.17) is 4.42 Å². The maximum Gasteiger partial charge on any atom is 0.336 e. The molecular formula is C20H8I4O5. The van der Waals surface area contributed by atoms with Gasteiger partial charge in [0.05, 0.1) is 18.3 Å². The number of rotatable bonds is 2. The van der Waals surface area contributed by atoms with Crippen molar-refractivity contribution >= 4 is 107 Å². The van der Waals surface area contributed by atoms with E-state index in [1.165, 1.54) is 6.07 Å². The van der Waals surface area contributed by atoms with Crippen molar-refractivity contribution in [2.45, 2.75) is 0 Å². The standard InChI is InChI=1S/C20H8I4O5/c21-7-5-10-12(8-3-1-2-4-9(8)20(27)28)13-16(25)14(23)17(26)15(24)19(13)29-18(10)11(22)6-7/h1-6,26H,(H,27,28). The Morgan fingerprint density at radius 1 is 0.966 bits per heavy atom. The summed E-state index contributed by atoms with van der Waals surface area (Å²) in [5.41, 5.74) is 1.41. The highest BCUT2D eigenvalue weighted by molar-refractivity contribution is 14.1. The Bertz CT molecular complexity index is 1360. The van der Waals surface area contributed by atoms with Gasteiger partial charge < -0.3 is 14.6 Å². The van der Waals surface area contributed by atoms with Gasteiger partial charge in [-0.3, -0.25) is 4.79 Å². The summed E-state index contributed by atoms with van der Waals surface area (Å²) >= 11 is 8.09. The van der Waals surface area contributed by atoms with Crippen molar-refractivity contribution in [2.75, 3.05) is 0 Å². The number of carbonyl (C=O) groups is 1. The molecule has 0 aromatic heterocycles. The molecule has 0 saturated heterocycles. The van der Waals surface area contributed by atoms with Gasteiger partial charge in [-0.15, -0.1) is 0 Å². The van der Waals surface area contributed by atoms with Crippen LogP contribution < -0.4 is 5.43 Å². The van der Waals surface area contributed by atoms with Crippen LogP contribution >= 0.6 is 90.4 Å². The van der Waals surface area contributed by atoms with Gasteiger partial charge in [0.15, 0.2) is 5.76 Å². The summed E-state index contributed by atoms with van der Waals surface area (Å²) in [5, 5.41) is 20.8. The zero-order valence-corrected chi connectivity index (χ0v) is 22.7. The lowest BCUT2D eigenvalue weighted by atomic mass is 9.90. The Labute approximate surface area is 218 Å². The zero-order valence-electron chi connectivity index (χ0n) is 14.1. The molecule has 0 atom stereocenters. The number of aromatic hydroxyl groups is 1. The van der Waals surface area contributed by atoms with Gasteiger partial charge in [-0.1, -0.05) is 18.2 Å². The van der Waals surface area contributed by atoms with E-state index in [2.05, 4.69) is 45.2 Å². The summed E-state index contributed by atoms with van der Waals surface area (Å²) in [5.74, 6) is -0.973. The molecule has 29 heavy (non-hydrogen) atoms. The number of aromatic carboxylic acids is 1. The van der Waals surface area contributed by atoms with Gasteiger partial charge in [-0.05, 0) is 114 Å². The van der Waals surface area contributed by atoms with Crippen LogP contribution in [0.2, 0.25) is 0 Å². The lowest BCUT2D eigenvalue weighted by Crippen LogP contribution is -2.14. The lowest BCUT2D eigenvalue weighted by molar-refractivity contribution is 0.0697. The van der Waals surface area contributed by atoms with Crippen LogP contribution in [-0.4, -0.2) is 16.2 Å². The third-order valence-corrected chi connectivity index (χ3v) is 7.85. The van der Waals surface area contributed by atoms with Crippen molar-refractivity contribution in [3.05, 3.63) is 66.5 Å². The van der Waals surface area contributed by atoms with Crippen LogP contribution in [0.1, 0.15) is 10.4 Å². The van der Waals surface area contributed by atoms with E-state index in [1.54, 1.807) is 18.2 Å². The van der Waals surface area contributed by atoms with E-state index in [0.29, 0.717) is 25.7 Å². The van der Waals surface area contributed by atoms with Crippen LogP contribution in [0.15, 0.2) is 45.6 Å². The first-order valence-corrected chi connectivity index (χ1v) is 12.3. The first-order chi connectivity index (χ1) is 13.7. The molecule has 1 aliphatic carbocycles. The molecular weight excluding hydrogens is 828 g/mol. The Kier molecular flexibility index (Phi) is 6.02. The molecule has 0 bridgehead atoms. The number of halogens is 4. The Balaban J connectivity index is 2.37. The molecule has 146 valence electrons. The number of carboxylic acids is 1. The maximum atomic E-state index is 13.2. The van der Waals surface area contributed by atoms with E-state index in [1.807, 2.05) is 57.3 Å². The van der Waals surface area contributed by atoms with Crippen molar-refractivity contribution in [2.24, 2.45) is 0 Å². The third kappa shape index (κ3) is 3.54. The first-order valence-electron chi connectivity index (χ1n) is 8.00. The second-order valence-electron chi connectivity index (χ2n) is 6.10. The van der Waals surface area contributed by atoms with E-state index < -0.39 is 11.4 Å². The number of benzene rings is 3. The Morgan fingerprint density at radius 2 is 1.66 bits per heavy atom. The minimum Gasteiger partial charge on any atom is -0.505 e.